The van der Waals surface area contributed by atoms with Crippen LogP contribution in [-0.2, 0) is 4.79 Å². The first kappa shape index (κ1) is 15.4. The minimum atomic E-state index is 0.0602. The molecule has 0 bridgehead atoms. The van der Waals surface area contributed by atoms with Crippen molar-refractivity contribution in [3.8, 4) is 0 Å². The average molecular weight is 312 g/mol. The van der Waals surface area contributed by atoms with E-state index in [1.54, 1.807) is 6.08 Å². The molecule has 0 heterocycles. The molecule has 4 aliphatic carbocycles. The lowest BCUT2D eigenvalue weighted by Gasteiger charge is -2.57. The van der Waals surface area contributed by atoms with Gasteiger partial charge in [-0.3, -0.25) is 4.79 Å². The number of aliphatic hydroxyl groups is 1. The molecule has 0 aliphatic heterocycles. The van der Waals surface area contributed by atoms with Crippen molar-refractivity contribution in [2.24, 2.45) is 34.5 Å². The van der Waals surface area contributed by atoms with Crippen LogP contribution in [0.3, 0.4) is 0 Å². The van der Waals surface area contributed by atoms with E-state index in [0.717, 1.165) is 12.8 Å². The fourth-order valence-corrected chi connectivity index (χ4v) is 6.72. The highest BCUT2D eigenvalue weighted by Crippen LogP contribution is 2.66. The predicted molar refractivity (Wildman–Crippen MR) is 91.7 cm³/mol. The Kier molecular flexibility index (Phi) is 3.46. The summed E-state index contributed by atoms with van der Waals surface area (Å²) >= 11 is 0. The number of aliphatic hydroxyl groups excluding tert-OH is 1. The van der Waals surface area contributed by atoms with Crippen LogP contribution in [0.5, 0.6) is 0 Å². The third kappa shape index (κ3) is 1.94. The molecular weight excluding hydrogens is 284 g/mol. The van der Waals surface area contributed by atoms with Crippen molar-refractivity contribution in [2.45, 2.75) is 45.4 Å². The first-order chi connectivity index (χ1) is 11.0. The van der Waals surface area contributed by atoms with Crippen molar-refractivity contribution in [2.75, 3.05) is 6.61 Å². The van der Waals surface area contributed by atoms with Gasteiger partial charge in [-0.15, -0.1) is 6.58 Å². The molecule has 1 N–H and O–H groups in total. The minimum absolute atomic E-state index is 0.0602. The van der Waals surface area contributed by atoms with Crippen LogP contribution >= 0.6 is 0 Å². The van der Waals surface area contributed by atoms with Gasteiger partial charge in [0.2, 0.25) is 0 Å². The Morgan fingerprint density at radius 1 is 1.30 bits per heavy atom. The maximum atomic E-state index is 11.8. The second-order valence-electron chi connectivity index (χ2n) is 8.45. The van der Waals surface area contributed by atoms with Gasteiger partial charge in [-0.05, 0) is 74.3 Å². The maximum absolute atomic E-state index is 11.8. The lowest BCUT2D eigenvalue weighted by molar-refractivity contribution is -0.111. The first-order valence-corrected chi connectivity index (χ1v) is 9.23. The second kappa shape index (κ2) is 5.17. The number of hydrogen-bond acceptors (Lipinski definition) is 2. The number of carbonyl (C=O) groups is 1. The van der Waals surface area contributed by atoms with E-state index in [2.05, 4.69) is 25.7 Å². The molecule has 6 atom stereocenters. The summed E-state index contributed by atoms with van der Waals surface area (Å²) in [5, 5.41) is 10.3. The molecular formula is C21H28O2. The summed E-state index contributed by atoms with van der Waals surface area (Å²) in [5.41, 5.74) is 1.49. The van der Waals surface area contributed by atoms with Crippen LogP contribution in [0.1, 0.15) is 45.4 Å². The second-order valence-corrected chi connectivity index (χ2v) is 8.45. The molecule has 0 aromatic rings. The number of rotatable bonds is 2. The van der Waals surface area contributed by atoms with Crippen molar-refractivity contribution in [1.82, 2.24) is 0 Å². The zero-order valence-corrected chi connectivity index (χ0v) is 14.1. The Hall–Kier alpha value is -1.15. The molecule has 124 valence electrons. The van der Waals surface area contributed by atoms with Gasteiger partial charge in [0.1, 0.15) is 0 Å². The van der Waals surface area contributed by atoms with E-state index in [-0.39, 0.29) is 16.6 Å². The van der Waals surface area contributed by atoms with Gasteiger partial charge < -0.3 is 5.11 Å². The number of carbonyl (C=O) groups excluding carboxylic acids is 1. The highest BCUT2D eigenvalue weighted by Gasteiger charge is 2.59. The monoisotopic (exact) mass is 312 g/mol. The smallest absolute Gasteiger partial charge is 0.178 e. The lowest BCUT2D eigenvalue weighted by Crippen LogP contribution is -2.51. The summed E-state index contributed by atoms with van der Waals surface area (Å²) in [6, 6.07) is 0. The molecule has 4 aliphatic rings. The van der Waals surface area contributed by atoms with Gasteiger partial charge in [-0.2, -0.15) is 0 Å². The Labute approximate surface area is 139 Å². The SMILES string of the molecule is C=CC1CCC2C3CCC4=CC(=O)C=CC4(C)C3CCC12CO. The number of hydrogen-bond donors (Lipinski definition) is 1. The topological polar surface area (TPSA) is 37.3 Å². The molecule has 3 saturated carbocycles. The summed E-state index contributed by atoms with van der Waals surface area (Å²) in [6.07, 6.45) is 14.9. The van der Waals surface area contributed by atoms with Crippen molar-refractivity contribution < 1.29 is 9.90 Å². The van der Waals surface area contributed by atoms with E-state index < -0.39 is 0 Å². The van der Waals surface area contributed by atoms with Gasteiger partial charge in [0, 0.05) is 17.4 Å². The van der Waals surface area contributed by atoms with E-state index in [1.165, 1.54) is 31.3 Å². The van der Waals surface area contributed by atoms with E-state index in [1.807, 2.05) is 6.08 Å². The Morgan fingerprint density at radius 3 is 2.87 bits per heavy atom. The predicted octanol–water partition coefficient (Wildman–Crippen LogP) is 4.07. The molecule has 6 unspecified atom stereocenters. The number of fused-ring (bicyclic) bond motifs is 5. The lowest BCUT2D eigenvalue weighted by atomic mass is 9.47. The molecule has 2 heteroatoms. The van der Waals surface area contributed by atoms with Crippen LogP contribution in [0.25, 0.3) is 0 Å². The largest absolute Gasteiger partial charge is 0.396 e. The molecule has 0 saturated heterocycles. The zero-order valence-electron chi connectivity index (χ0n) is 14.1. The van der Waals surface area contributed by atoms with Crippen LogP contribution in [0.15, 0.2) is 36.5 Å². The molecule has 2 nitrogen and oxygen atoms in total. The minimum Gasteiger partial charge on any atom is -0.396 e. The Morgan fingerprint density at radius 2 is 2.13 bits per heavy atom. The van der Waals surface area contributed by atoms with Crippen LogP contribution < -0.4 is 0 Å². The molecule has 0 aromatic carbocycles. The zero-order chi connectivity index (χ0) is 16.2. The molecule has 0 aromatic heterocycles. The van der Waals surface area contributed by atoms with Crippen LogP contribution in [-0.4, -0.2) is 17.5 Å². The van der Waals surface area contributed by atoms with Gasteiger partial charge in [-0.25, -0.2) is 0 Å². The van der Waals surface area contributed by atoms with Gasteiger partial charge in [-0.1, -0.05) is 24.6 Å². The molecule has 0 spiro atoms. The van der Waals surface area contributed by atoms with E-state index in [4.69, 9.17) is 0 Å². The quantitative estimate of drug-likeness (QED) is 0.780. The third-order valence-corrected chi connectivity index (χ3v) is 7.92. The fraction of sp³-hybridized carbons (Fsp3) is 0.667. The average Bonchev–Trinajstić information content (AvgIpc) is 2.94. The van der Waals surface area contributed by atoms with Crippen LogP contribution in [0.2, 0.25) is 0 Å². The highest BCUT2D eigenvalue weighted by molar-refractivity contribution is 6.01. The van der Waals surface area contributed by atoms with Gasteiger partial charge in [0.05, 0.1) is 0 Å². The third-order valence-electron chi connectivity index (χ3n) is 7.92. The highest BCUT2D eigenvalue weighted by atomic mass is 16.3. The van der Waals surface area contributed by atoms with E-state index >= 15 is 0 Å². The first-order valence-electron chi connectivity index (χ1n) is 9.23. The Balaban J connectivity index is 1.70. The maximum Gasteiger partial charge on any atom is 0.178 e. The van der Waals surface area contributed by atoms with Crippen molar-refractivity contribution in [3.63, 3.8) is 0 Å². The Bertz CT molecular complexity index is 601. The molecule has 0 amide bonds. The molecule has 4 rings (SSSR count). The van der Waals surface area contributed by atoms with E-state index in [9.17, 15) is 9.90 Å². The summed E-state index contributed by atoms with van der Waals surface area (Å²) in [7, 11) is 0. The standard InChI is InChI=1S/C21H28O2/c1-3-14-5-7-19-17-6-4-15-12-16(23)8-10-20(15,2)18(17)9-11-21(14,19)13-22/h3,8,10,12,14,17-19,22H,1,4-7,9,11,13H2,2H3. The van der Waals surface area contributed by atoms with Crippen molar-refractivity contribution in [3.05, 3.63) is 36.5 Å². The normalized spacial score (nSPS) is 48.3. The van der Waals surface area contributed by atoms with Crippen LogP contribution in [0, 0.1) is 34.5 Å². The summed E-state index contributed by atoms with van der Waals surface area (Å²) in [4.78, 5) is 11.8. The summed E-state index contributed by atoms with van der Waals surface area (Å²) < 4.78 is 0. The van der Waals surface area contributed by atoms with Crippen LogP contribution in [0.4, 0.5) is 0 Å². The summed E-state index contributed by atoms with van der Waals surface area (Å²) in [6.45, 7) is 6.70. The molecule has 23 heavy (non-hydrogen) atoms. The van der Waals surface area contributed by atoms with Gasteiger partial charge in [0.15, 0.2) is 5.78 Å². The summed E-state index contributed by atoms with van der Waals surface area (Å²) in [5.74, 6) is 2.57. The van der Waals surface area contributed by atoms with E-state index in [0.29, 0.717) is 30.3 Å². The van der Waals surface area contributed by atoms with Crippen molar-refractivity contribution >= 4 is 5.78 Å². The molecule has 3 fully saturated rings. The van der Waals surface area contributed by atoms with Crippen molar-refractivity contribution in [1.29, 1.82) is 0 Å². The molecule has 0 radical (unpaired) electrons. The number of allylic oxidation sites excluding steroid dienone is 5. The van der Waals surface area contributed by atoms with Gasteiger partial charge >= 0.3 is 0 Å². The van der Waals surface area contributed by atoms with Gasteiger partial charge in [0.25, 0.3) is 0 Å². The fourth-order valence-electron chi connectivity index (χ4n) is 6.72. The number of ketones is 1.